The molecule has 2 aliphatic rings. The fourth-order valence-corrected chi connectivity index (χ4v) is 5.40. The molecule has 0 radical (unpaired) electrons. The minimum absolute atomic E-state index is 0.129. The van der Waals surface area contributed by atoms with E-state index in [-0.39, 0.29) is 12.0 Å². The van der Waals surface area contributed by atoms with Crippen molar-refractivity contribution in [2.75, 3.05) is 19.6 Å². The van der Waals surface area contributed by atoms with Crippen LogP contribution in [0.15, 0.2) is 35.7 Å². The first-order valence-corrected chi connectivity index (χ1v) is 11.1. The molecule has 27 heavy (non-hydrogen) atoms. The normalized spacial score (nSPS) is 24.1. The molecule has 4 rings (SSSR count). The Hall–Kier alpha value is -1.72. The second kappa shape index (κ2) is 8.53. The Kier molecular flexibility index (Phi) is 5.89. The molecule has 0 spiro atoms. The smallest absolute Gasteiger partial charge is 0.227 e. The summed E-state index contributed by atoms with van der Waals surface area (Å²) in [5.74, 6) is 0.481. The summed E-state index contributed by atoms with van der Waals surface area (Å²) in [5, 5.41) is 3.23. The van der Waals surface area contributed by atoms with Crippen LogP contribution in [-0.4, -0.2) is 40.3 Å². The van der Waals surface area contributed by atoms with Crippen LogP contribution >= 0.6 is 11.3 Å². The molecule has 1 amide bonds. The quantitative estimate of drug-likeness (QED) is 0.784. The molecule has 2 fully saturated rings. The van der Waals surface area contributed by atoms with E-state index in [2.05, 4.69) is 45.5 Å². The first kappa shape index (κ1) is 18.6. The van der Waals surface area contributed by atoms with Gasteiger partial charge < -0.3 is 4.90 Å². The zero-order valence-electron chi connectivity index (χ0n) is 16.1. The molecule has 0 N–H and O–H groups in total. The van der Waals surface area contributed by atoms with Crippen LogP contribution in [0.2, 0.25) is 0 Å². The van der Waals surface area contributed by atoms with Crippen molar-refractivity contribution < 1.29 is 4.79 Å². The number of rotatable bonds is 4. The second-order valence-electron chi connectivity index (χ2n) is 7.93. The van der Waals surface area contributed by atoms with Crippen molar-refractivity contribution in [1.82, 2.24) is 14.8 Å². The molecule has 4 nitrogen and oxygen atoms in total. The molecule has 0 aliphatic carbocycles. The number of thiazole rings is 1. The van der Waals surface area contributed by atoms with Crippen molar-refractivity contribution >= 4 is 17.2 Å². The molecule has 1 aromatic heterocycles. The molecule has 0 saturated carbocycles. The van der Waals surface area contributed by atoms with E-state index in [4.69, 9.17) is 4.98 Å². The number of aryl methyl sites for hydroxylation is 1. The summed E-state index contributed by atoms with van der Waals surface area (Å²) < 4.78 is 0. The van der Waals surface area contributed by atoms with Gasteiger partial charge >= 0.3 is 0 Å². The van der Waals surface area contributed by atoms with Crippen LogP contribution in [0.3, 0.4) is 0 Å². The molecular formula is C22H29N3OS. The van der Waals surface area contributed by atoms with Gasteiger partial charge in [-0.2, -0.15) is 0 Å². The number of hydrogen-bond acceptors (Lipinski definition) is 4. The zero-order chi connectivity index (χ0) is 18.6. The average molecular weight is 384 g/mol. The summed E-state index contributed by atoms with van der Waals surface area (Å²) in [6.45, 7) is 5.84. The van der Waals surface area contributed by atoms with Gasteiger partial charge in [0.25, 0.3) is 0 Å². The van der Waals surface area contributed by atoms with E-state index in [1.54, 1.807) is 11.3 Å². The minimum Gasteiger partial charge on any atom is -0.333 e. The van der Waals surface area contributed by atoms with E-state index in [0.717, 1.165) is 62.6 Å². The molecule has 2 saturated heterocycles. The van der Waals surface area contributed by atoms with Crippen molar-refractivity contribution in [2.45, 2.75) is 51.6 Å². The Morgan fingerprint density at radius 2 is 2.00 bits per heavy atom. The highest BCUT2D eigenvalue weighted by atomic mass is 32.1. The second-order valence-corrected chi connectivity index (χ2v) is 8.82. The number of piperidine rings is 2. The predicted molar refractivity (Wildman–Crippen MR) is 110 cm³/mol. The topological polar surface area (TPSA) is 36.4 Å². The third-order valence-electron chi connectivity index (χ3n) is 5.81. The summed E-state index contributed by atoms with van der Waals surface area (Å²) in [7, 11) is 0. The van der Waals surface area contributed by atoms with Gasteiger partial charge in [0.1, 0.15) is 5.01 Å². The number of benzene rings is 1. The monoisotopic (exact) mass is 383 g/mol. The number of nitrogens with zero attached hydrogens (tertiary/aromatic N) is 3. The molecule has 5 heteroatoms. The van der Waals surface area contributed by atoms with Crippen LogP contribution in [0.25, 0.3) is 0 Å². The summed E-state index contributed by atoms with van der Waals surface area (Å²) in [6.07, 6.45) is 5.49. The Labute approximate surface area is 166 Å². The summed E-state index contributed by atoms with van der Waals surface area (Å²) in [5.41, 5.74) is 2.40. The minimum atomic E-state index is 0.129. The van der Waals surface area contributed by atoms with Gasteiger partial charge in [-0.25, -0.2) is 4.98 Å². The van der Waals surface area contributed by atoms with Crippen LogP contribution < -0.4 is 0 Å². The Balaban J connectivity index is 1.44. The van der Waals surface area contributed by atoms with Crippen LogP contribution in [0.1, 0.15) is 54.4 Å². The van der Waals surface area contributed by atoms with E-state index < -0.39 is 0 Å². The highest BCUT2D eigenvalue weighted by molar-refractivity contribution is 7.09. The van der Waals surface area contributed by atoms with Gasteiger partial charge in [0, 0.05) is 30.7 Å². The maximum Gasteiger partial charge on any atom is 0.227 e. The largest absolute Gasteiger partial charge is 0.333 e. The van der Waals surface area contributed by atoms with Crippen molar-refractivity contribution in [3.63, 3.8) is 0 Å². The molecular weight excluding hydrogens is 354 g/mol. The molecule has 0 bridgehead atoms. The summed E-state index contributed by atoms with van der Waals surface area (Å²) in [4.78, 5) is 22.7. The van der Waals surface area contributed by atoms with Gasteiger partial charge in [-0.1, -0.05) is 30.3 Å². The van der Waals surface area contributed by atoms with E-state index in [9.17, 15) is 4.79 Å². The van der Waals surface area contributed by atoms with Gasteiger partial charge in [0.15, 0.2) is 0 Å². The molecule has 3 heterocycles. The number of likely N-dealkylation sites (tertiary alicyclic amines) is 2. The first-order valence-electron chi connectivity index (χ1n) is 10.2. The lowest BCUT2D eigenvalue weighted by Gasteiger charge is -2.39. The summed E-state index contributed by atoms with van der Waals surface area (Å²) >= 11 is 1.71. The van der Waals surface area contributed by atoms with Crippen LogP contribution in [0.5, 0.6) is 0 Å². The van der Waals surface area contributed by atoms with Crippen LogP contribution in [0.4, 0.5) is 0 Å². The Morgan fingerprint density at radius 1 is 1.15 bits per heavy atom. The third-order valence-corrected chi connectivity index (χ3v) is 6.88. The van der Waals surface area contributed by atoms with Crippen LogP contribution in [-0.2, 0) is 11.3 Å². The Bertz CT molecular complexity index is 760. The van der Waals surface area contributed by atoms with Crippen molar-refractivity contribution in [3.05, 3.63) is 52.0 Å². The molecule has 0 unspecified atom stereocenters. The number of amides is 1. The van der Waals surface area contributed by atoms with Crippen molar-refractivity contribution in [3.8, 4) is 0 Å². The van der Waals surface area contributed by atoms with E-state index in [1.807, 2.05) is 6.92 Å². The van der Waals surface area contributed by atoms with Gasteiger partial charge in [-0.15, -0.1) is 11.3 Å². The number of aromatic nitrogens is 1. The van der Waals surface area contributed by atoms with Gasteiger partial charge in [0.05, 0.1) is 12.0 Å². The lowest BCUT2D eigenvalue weighted by Crippen LogP contribution is -2.47. The van der Waals surface area contributed by atoms with Gasteiger partial charge in [-0.3, -0.25) is 9.69 Å². The number of carbonyl (C=O) groups excluding carboxylic acids is 1. The molecule has 144 valence electrons. The fraction of sp³-hybridized carbons (Fsp3) is 0.545. The third kappa shape index (κ3) is 4.41. The zero-order valence-corrected chi connectivity index (χ0v) is 17.0. The highest BCUT2D eigenvalue weighted by Gasteiger charge is 2.35. The predicted octanol–water partition coefficient (Wildman–Crippen LogP) is 4.42. The van der Waals surface area contributed by atoms with Crippen molar-refractivity contribution in [1.29, 1.82) is 0 Å². The summed E-state index contributed by atoms with van der Waals surface area (Å²) in [6, 6.07) is 10.8. The lowest BCUT2D eigenvalue weighted by molar-refractivity contribution is -0.141. The average Bonchev–Trinajstić information content (AvgIpc) is 3.15. The lowest BCUT2D eigenvalue weighted by atomic mass is 9.93. The van der Waals surface area contributed by atoms with Crippen molar-refractivity contribution in [2.24, 2.45) is 5.92 Å². The maximum absolute atomic E-state index is 13.4. The van der Waals surface area contributed by atoms with E-state index >= 15 is 0 Å². The fourth-order valence-electron chi connectivity index (χ4n) is 4.45. The van der Waals surface area contributed by atoms with E-state index in [0.29, 0.717) is 5.91 Å². The molecule has 2 atom stereocenters. The van der Waals surface area contributed by atoms with Gasteiger partial charge in [0.2, 0.25) is 5.91 Å². The molecule has 2 aliphatic heterocycles. The SMILES string of the molecule is Cc1csc([C@@H]2CCCCN2C(=O)[C@H]2CCCN(Cc3ccccc3)C2)n1. The highest BCUT2D eigenvalue weighted by Crippen LogP contribution is 2.35. The number of hydrogen-bond donors (Lipinski definition) is 0. The first-order chi connectivity index (χ1) is 13.2. The van der Waals surface area contributed by atoms with Gasteiger partial charge in [-0.05, 0) is 51.1 Å². The van der Waals surface area contributed by atoms with E-state index in [1.165, 1.54) is 12.0 Å². The molecule has 2 aromatic rings. The Morgan fingerprint density at radius 3 is 2.78 bits per heavy atom. The standard InChI is InChI=1S/C22H29N3OS/c1-17-16-27-21(23-17)20-11-5-6-13-25(20)22(26)19-10-7-12-24(15-19)14-18-8-3-2-4-9-18/h2-4,8-9,16,19-20H,5-7,10-15H2,1H3/t19-,20-/m0/s1. The molecule has 1 aromatic carbocycles. The van der Waals surface area contributed by atoms with Crippen LogP contribution in [0, 0.1) is 12.8 Å². The number of carbonyl (C=O) groups is 1. The maximum atomic E-state index is 13.4.